The normalized spacial score (nSPS) is 15.4. The standard InChI is InChI=1S/C26H28N2O3S/c1-3-32(30,31)28-20(2)16-24-17-23(14-15-25(24)28)26(29)27(18-21-10-6-4-7-11-21)19-22-12-8-5-9-13-22/h4-15,17,20H,3,16,18-19H2,1-2H3/t20-/m1/s1. The number of benzene rings is 3. The summed E-state index contributed by atoms with van der Waals surface area (Å²) < 4.78 is 26.6. The second kappa shape index (κ2) is 9.17. The molecular formula is C26H28N2O3S. The molecule has 0 radical (unpaired) electrons. The molecule has 0 unspecified atom stereocenters. The first-order chi connectivity index (χ1) is 15.4. The zero-order valence-corrected chi connectivity index (χ0v) is 19.3. The molecule has 5 nitrogen and oxygen atoms in total. The van der Waals surface area contributed by atoms with E-state index in [9.17, 15) is 13.2 Å². The number of sulfonamides is 1. The van der Waals surface area contributed by atoms with Crippen LogP contribution in [-0.4, -0.2) is 31.0 Å². The number of amides is 1. The molecule has 1 heterocycles. The molecule has 32 heavy (non-hydrogen) atoms. The average Bonchev–Trinajstić information content (AvgIpc) is 3.15. The molecule has 1 amide bonds. The molecule has 3 aromatic rings. The van der Waals surface area contributed by atoms with Crippen molar-refractivity contribution < 1.29 is 13.2 Å². The van der Waals surface area contributed by atoms with Gasteiger partial charge in [-0.3, -0.25) is 9.10 Å². The molecule has 1 aliphatic heterocycles. The van der Waals surface area contributed by atoms with E-state index >= 15 is 0 Å². The van der Waals surface area contributed by atoms with Gasteiger partial charge < -0.3 is 4.90 Å². The number of hydrogen-bond acceptors (Lipinski definition) is 3. The molecule has 0 fully saturated rings. The minimum atomic E-state index is -3.35. The predicted molar refractivity (Wildman–Crippen MR) is 128 cm³/mol. The van der Waals surface area contributed by atoms with E-state index in [1.54, 1.807) is 19.1 Å². The van der Waals surface area contributed by atoms with E-state index in [-0.39, 0.29) is 17.7 Å². The summed E-state index contributed by atoms with van der Waals surface area (Å²) in [6.07, 6.45) is 0.604. The summed E-state index contributed by atoms with van der Waals surface area (Å²) >= 11 is 0. The quantitative estimate of drug-likeness (QED) is 0.530. The Morgan fingerprint density at radius 3 is 2.03 bits per heavy atom. The molecule has 1 atom stereocenters. The third kappa shape index (κ3) is 4.55. The van der Waals surface area contributed by atoms with Gasteiger partial charge in [0.2, 0.25) is 10.0 Å². The SMILES string of the molecule is CCS(=O)(=O)N1c2ccc(C(=O)N(Cc3ccccc3)Cc3ccccc3)cc2C[C@H]1C. The monoisotopic (exact) mass is 448 g/mol. The molecule has 166 valence electrons. The first-order valence-corrected chi connectivity index (χ1v) is 12.5. The number of fused-ring (bicyclic) bond motifs is 1. The zero-order chi connectivity index (χ0) is 22.7. The van der Waals surface area contributed by atoms with Gasteiger partial charge in [-0.1, -0.05) is 60.7 Å². The van der Waals surface area contributed by atoms with Crippen LogP contribution in [0.2, 0.25) is 0 Å². The molecule has 6 heteroatoms. The van der Waals surface area contributed by atoms with Gasteiger partial charge in [0.05, 0.1) is 11.4 Å². The van der Waals surface area contributed by atoms with E-state index < -0.39 is 10.0 Å². The zero-order valence-electron chi connectivity index (χ0n) is 18.4. The molecule has 0 N–H and O–H groups in total. The van der Waals surface area contributed by atoms with Crippen LogP contribution in [0.3, 0.4) is 0 Å². The summed E-state index contributed by atoms with van der Waals surface area (Å²) in [6, 6.07) is 25.1. The Morgan fingerprint density at radius 2 is 1.50 bits per heavy atom. The maximum absolute atomic E-state index is 13.6. The van der Waals surface area contributed by atoms with Gasteiger partial charge in [-0.2, -0.15) is 0 Å². The summed E-state index contributed by atoms with van der Waals surface area (Å²) in [5, 5.41) is 0. The Hall–Kier alpha value is -3.12. The van der Waals surface area contributed by atoms with Gasteiger partial charge in [0.1, 0.15) is 0 Å². The fraction of sp³-hybridized carbons (Fsp3) is 0.269. The van der Waals surface area contributed by atoms with Crippen LogP contribution in [-0.2, 0) is 29.5 Å². The van der Waals surface area contributed by atoms with E-state index in [1.165, 1.54) is 4.31 Å². The van der Waals surface area contributed by atoms with E-state index in [0.717, 1.165) is 16.7 Å². The second-order valence-corrected chi connectivity index (χ2v) is 10.4. The van der Waals surface area contributed by atoms with Gasteiger partial charge in [-0.25, -0.2) is 8.42 Å². The van der Waals surface area contributed by atoms with Gasteiger partial charge in [0.25, 0.3) is 5.91 Å². The first-order valence-electron chi connectivity index (χ1n) is 10.9. The summed E-state index contributed by atoms with van der Waals surface area (Å²) in [6.45, 7) is 4.56. The Kier molecular flexibility index (Phi) is 6.33. The van der Waals surface area contributed by atoms with Crippen molar-refractivity contribution in [2.24, 2.45) is 0 Å². The third-order valence-corrected chi connectivity index (χ3v) is 7.75. The highest BCUT2D eigenvalue weighted by Gasteiger charge is 2.34. The van der Waals surface area contributed by atoms with Crippen LogP contribution in [0.25, 0.3) is 0 Å². The molecule has 0 aromatic heterocycles. The second-order valence-electron chi connectivity index (χ2n) is 8.23. The van der Waals surface area contributed by atoms with Gasteiger partial charge in [0, 0.05) is 24.7 Å². The van der Waals surface area contributed by atoms with Crippen LogP contribution in [0, 0.1) is 0 Å². The topological polar surface area (TPSA) is 57.7 Å². The van der Waals surface area contributed by atoms with Crippen LogP contribution < -0.4 is 4.31 Å². The summed E-state index contributed by atoms with van der Waals surface area (Å²) in [5.41, 5.74) is 4.30. The fourth-order valence-corrected chi connectivity index (χ4v) is 5.67. The highest BCUT2D eigenvalue weighted by atomic mass is 32.2. The fourth-order valence-electron chi connectivity index (χ4n) is 4.29. The average molecular weight is 449 g/mol. The molecule has 3 aromatic carbocycles. The lowest BCUT2D eigenvalue weighted by atomic mass is 10.1. The Bertz CT molecular complexity index is 1150. The molecule has 0 spiro atoms. The van der Waals surface area contributed by atoms with Crippen LogP contribution in [0.15, 0.2) is 78.9 Å². The lowest BCUT2D eigenvalue weighted by Crippen LogP contribution is -2.36. The van der Waals surface area contributed by atoms with Gasteiger partial charge >= 0.3 is 0 Å². The Morgan fingerprint density at radius 1 is 0.938 bits per heavy atom. The maximum Gasteiger partial charge on any atom is 0.254 e. The minimum Gasteiger partial charge on any atom is -0.330 e. The molecule has 4 rings (SSSR count). The Balaban J connectivity index is 1.64. The smallest absolute Gasteiger partial charge is 0.254 e. The van der Waals surface area contributed by atoms with Crippen LogP contribution in [0.1, 0.15) is 40.9 Å². The van der Waals surface area contributed by atoms with Crippen molar-refractivity contribution in [3.63, 3.8) is 0 Å². The van der Waals surface area contributed by atoms with Crippen molar-refractivity contribution in [3.8, 4) is 0 Å². The number of nitrogens with zero attached hydrogens (tertiary/aromatic N) is 2. The number of carbonyl (C=O) groups is 1. The maximum atomic E-state index is 13.6. The largest absolute Gasteiger partial charge is 0.330 e. The van der Waals surface area contributed by atoms with Gasteiger partial charge in [-0.15, -0.1) is 0 Å². The van der Waals surface area contributed by atoms with Crippen molar-refractivity contribution in [2.75, 3.05) is 10.1 Å². The van der Waals surface area contributed by atoms with Gasteiger partial charge in [0.15, 0.2) is 0 Å². The summed E-state index contributed by atoms with van der Waals surface area (Å²) in [5.74, 6) is -0.00990. The van der Waals surface area contributed by atoms with Crippen LogP contribution in [0.4, 0.5) is 5.69 Å². The van der Waals surface area contributed by atoms with Crippen LogP contribution >= 0.6 is 0 Å². The highest BCUT2D eigenvalue weighted by Crippen LogP contribution is 2.35. The van der Waals surface area contributed by atoms with E-state index in [4.69, 9.17) is 0 Å². The number of anilines is 1. The van der Waals surface area contributed by atoms with E-state index in [2.05, 4.69) is 0 Å². The first kappa shape index (κ1) is 22.1. The molecule has 0 aliphatic carbocycles. The lowest BCUT2D eigenvalue weighted by molar-refractivity contribution is 0.0730. The summed E-state index contributed by atoms with van der Waals surface area (Å²) in [4.78, 5) is 15.4. The summed E-state index contributed by atoms with van der Waals surface area (Å²) in [7, 11) is -3.35. The van der Waals surface area contributed by atoms with Crippen molar-refractivity contribution in [1.29, 1.82) is 0 Å². The highest BCUT2D eigenvalue weighted by molar-refractivity contribution is 7.92. The molecular weight excluding hydrogens is 420 g/mol. The number of hydrogen-bond donors (Lipinski definition) is 0. The predicted octanol–water partition coefficient (Wildman–Crippen LogP) is 4.63. The van der Waals surface area contributed by atoms with Crippen LogP contribution in [0.5, 0.6) is 0 Å². The van der Waals surface area contributed by atoms with Crippen molar-refractivity contribution in [1.82, 2.24) is 4.90 Å². The minimum absolute atomic E-state index is 0.0550. The number of carbonyl (C=O) groups excluding carboxylic acids is 1. The van der Waals surface area contributed by atoms with Crippen molar-refractivity contribution >= 4 is 21.6 Å². The van der Waals surface area contributed by atoms with Crippen molar-refractivity contribution in [2.45, 2.75) is 39.4 Å². The van der Waals surface area contributed by atoms with E-state index in [1.807, 2.05) is 78.6 Å². The Labute approximate surface area is 190 Å². The van der Waals surface area contributed by atoms with Gasteiger partial charge in [-0.05, 0) is 55.2 Å². The lowest BCUT2D eigenvalue weighted by Gasteiger charge is -2.25. The molecule has 1 aliphatic rings. The van der Waals surface area contributed by atoms with Crippen molar-refractivity contribution in [3.05, 3.63) is 101 Å². The molecule has 0 saturated heterocycles. The molecule has 0 saturated carbocycles. The molecule has 0 bridgehead atoms. The number of rotatable bonds is 7. The third-order valence-electron chi connectivity index (χ3n) is 5.86. The van der Waals surface area contributed by atoms with E-state index in [0.29, 0.717) is 30.8 Å².